The van der Waals surface area contributed by atoms with Crippen molar-refractivity contribution in [3.63, 3.8) is 0 Å². The predicted molar refractivity (Wildman–Crippen MR) is 68.7 cm³/mol. The number of aryl methyl sites for hydroxylation is 1. The summed E-state index contributed by atoms with van der Waals surface area (Å²) in [6, 6.07) is 5.16. The van der Waals surface area contributed by atoms with E-state index in [1.807, 2.05) is 0 Å². The van der Waals surface area contributed by atoms with E-state index in [9.17, 15) is 0 Å². The molecule has 19 heavy (non-hydrogen) atoms. The molecule has 0 atom stereocenters. The van der Waals surface area contributed by atoms with Crippen LogP contribution in [0, 0.1) is 6.92 Å². The van der Waals surface area contributed by atoms with Crippen molar-refractivity contribution in [2.75, 3.05) is 7.11 Å². The molecule has 1 heterocycles. The molecular weight excluding hydrogens is 268 g/mol. The summed E-state index contributed by atoms with van der Waals surface area (Å²) in [5, 5.41) is 19.8. The van der Waals surface area contributed by atoms with Crippen LogP contribution < -0.4 is 10.5 Å². The van der Waals surface area contributed by atoms with E-state index in [1.54, 1.807) is 32.2 Å². The first-order valence-electron chi connectivity index (χ1n) is 5.28. The Morgan fingerprint density at radius 2 is 2.26 bits per heavy atom. The van der Waals surface area contributed by atoms with Gasteiger partial charge in [0.1, 0.15) is 5.75 Å². The number of ether oxygens (including phenoxy) is 1. The Morgan fingerprint density at radius 1 is 1.47 bits per heavy atom. The number of amidine groups is 1. The lowest BCUT2D eigenvalue weighted by Crippen LogP contribution is -2.14. The van der Waals surface area contributed by atoms with Crippen LogP contribution in [0.25, 0.3) is 0 Å². The summed E-state index contributed by atoms with van der Waals surface area (Å²) in [6.45, 7) is 1.70. The van der Waals surface area contributed by atoms with Gasteiger partial charge >= 0.3 is 0 Å². The summed E-state index contributed by atoms with van der Waals surface area (Å²) in [7, 11) is 1.56. The van der Waals surface area contributed by atoms with Crippen LogP contribution in [0.3, 0.4) is 0 Å². The van der Waals surface area contributed by atoms with Crippen LogP contribution in [0.4, 0.5) is 0 Å². The summed E-state index contributed by atoms with van der Waals surface area (Å²) in [6.07, 6.45) is 0. The molecule has 2 rings (SSSR count). The third kappa shape index (κ3) is 2.97. The monoisotopic (exact) mass is 280 g/mol. The molecule has 1 aromatic carbocycles. The molecule has 3 N–H and O–H groups in total. The number of benzene rings is 1. The summed E-state index contributed by atoms with van der Waals surface area (Å²) in [5.74, 6) is 1.12. The van der Waals surface area contributed by atoms with E-state index in [-0.39, 0.29) is 5.84 Å². The first-order chi connectivity index (χ1) is 9.13. The molecule has 0 aliphatic heterocycles. The molecule has 0 bridgehead atoms. The number of rotatable bonds is 4. The van der Waals surface area contributed by atoms with Gasteiger partial charge < -0.3 is 20.1 Å². The first kappa shape index (κ1) is 13.2. The Hall–Kier alpha value is -2.22. The maximum Gasteiger partial charge on any atom is 0.281 e. The molecule has 0 aliphatic rings. The molecule has 7 nitrogen and oxygen atoms in total. The van der Waals surface area contributed by atoms with Crippen LogP contribution >= 0.6 is 11.8 Å². The molecule has 8 heteroatoms. The molecule has 0 amide bonds. The summed E-state index contributed by atoms with van der Waals surface area (Å²) in [4.78, 5) is 0.693. The standard InChI is InChI=1S/C11H12N4O3S/c1-6-13-14-11(18-6)19-9-5-7(17-2)3-4-8(9)10(12)15-16/h3-5,16H,1-2H3,(H2,12,15). The highest BCUT2D eigenvalue weighted by molar-refractivity contribution is 7.99. The lowest BCUT2D eigenvalue weighted by Gasteiger charge is -2.08. The molecular formula is C11H12N4O3S. The molecule has 100 valence electrons. The number of oxime groups is 1. The van der Waals surface area contributed by atoms with Crippen LogP contribution in [0.2, 0.25) is 0 Å². The van der Waals surface area contributed by atoms with E-state index in [4.69, 9.17) is 20.1 Å². The smallest absolute Gasteiger partial charge is 0.281 e. The van der Waals surface area contributed by atoms with Crippen LogP contribution in [-0.4, -0.2) is 28.4 Å². The highest BCUT2D eigenvalue weighted by Gasteiger charge is 2.13. The molecule has 0 saturated carbocycles. The molecule has 0 radical (unpaired) electrons. The maximum absolute atomic E-state index is 8.78. The number of hydrogen-bond acceptors (Lipinski definition) is 7. The average molecular weight is 280 g/mol. The zero-order chi connectivity index (χ0) is 13.8. The van der Waals surface area contributed by atoms with Gasteiger partial charge in [-0.05, 0) is 30.0 Å². The van der Waals surface area contributed by atoms with Crippen molar-refractivity contribution in [1.29, 1.82) is 0 Å². The van der Waals surface area contributed by atoms with Crippen LogP contribution in [0.1, 0.15) is 11.5 Å². The van der Waals surface area contributed by atoms with Gasteiger partial charge in [0.25, 0.3) is 5.22 Å². The summed E-state index contributed by atoms with van der Waals surface area (Å²) in [5.41, 5.74) is 6.18. The van der Waals surface area contributed by atoms with Gasteiger partial charge in [-0.3, -0.25) is 0 Å². The number of hydrogen-bond donors (Lipinski definition) is 2. The Morgan fingerprint density at radius 3 is 2.84 bits per heavy atom. The second kappa shape index (κ2) is 5.61. The summed E-state index contributed by atoms with van der Waals surface area (Å²) >= 11 is 1.22. The van der Waals surface area contributed by atoms with Gasteiger partial charge in [0.2, 0.25) is 5.89 Å². The fourth-order valence-corrected chi connectivity index (χ4v) is 2.28. The highest BCUT2D eigenvalue weighted by Crippen LogP contribution is 2.32. The lowest BCUT2D eigenvalue weighted by atomic mass is 10.2. The third-order valence-corrected chi connectivity index (χ3v) is 3.17. The second-order valence-corrected chi connectivity index (χ2v) is 4.53. The normalized spacial score (nSPS) is 11.6. The molecule has 0 spiro atoms. The predicted octanol–water partition coefficient (Wildman–Crippen LogP) is 1.63. The van der Waals surface area contributed by atoms with Gasteiger partial charge in [0.05, 0.1) is 7.11 Å². The molecule has 0 aliphatic carbocycles. The zero-order valence-corrected chi connectivity index (χ0v) is 11.1. The first-order valence-corrected chi connectivity index (χ1v) is 6.09. The van der Waals surface area contributed by atoms with E-state index in [0.29, 0.717) is 27.3 Å². The highest BCUT2D eigenvalue weighted by atomic mass is 32.2. The van der Waals surface area contributed by atoms with E-state index in [2.05, 4.69) is 15.4 Å². The van der Waals surface area contributed by atoms with Gasteiger partial charge in [0, 0.05) is 17.4 Å². The van der Waals surface area contributed by atoms with E-state index in [1.165, 1.54) is 11.8 Å². The Balaban J connectivity index is 2.40. The van der Waals surface area contributed by atoms with Crippen molar-refractivity contribution >= 4 is 17.6 Å². The van der Waals surface area contributed by atoms with Crippen LogP contribution in [-0.2, 0) is 0 Å². The van der Waals surface area contributed by atoms with Gasteiger partial charge in [-0.2, -0.15) is 0 Å². The minimum absolute atomic E-state index is 0.00129. The molecule has 0 unspecified atom stereocenters. The molecule has 2 aromatic rings. The minimum Gasteiger partial charge on any atom is -0.497 e. The maximum atomic E-state index is 8.78. The quantitative estimate of drug-likeness (QED) is 0.379. The molecule has 0 fully saturated rings. The van der Waals surface area contributed by atoms with Crippen molar-refractivity contribution < 1.29 is 14.4 Å². The van der Waals surface area contributed by atoms with E-state index >= 15 is 0 Å². The number of methoxy groups -OCH3 is 1. The Kier molecular flexibility index (Phi) is 3.91. The van der Waals surface area contributed by atoms with Crippen LogP contribution in [0.5, 0.6) is 5.75 Å². The zero-order valence-electron chi connectivity index (χ0n) is 10.3. The molecule has 0 saturated heterocycles. The average Bonchev–Trinajstić information content (AvgIpc) is 2.83. The number of aromatic nitrogens is 2. The van der Waals surface area contributed by atoms with Crippen molar-refractivity contribution in [3.05, 3.63) is 29.7 Å². The van der Waals surface area contributed by atoms with Crippen molar-refractivity contribution in [3.8, 4) is 5.75 Å². The van der Waals surface area contributed by atoms with Crippen LogP contribution in [0.15, 0.2) is 37.9 Å². The van der Waals surface area contributed by atoms with Gasteiger partial charge in [-0.15, -0.1) is 10.2 Å². The Labute approximate surface area is 113 Å². The second-order valence-electron chi connectivity index (χ2n) is 3.54. The molecule has 1 aromatic heterocycles. The van der Waals surface area contributed by atoms with Crippen molar-refractivity contribution in [2.45, 2.75) is 17.0 Å². The third-order valence-electron chi connectivity index (χ3n) is 2.28. The van der Waals surface area contributed by atoms with Gasteiger partial charge in [-0.1, -0.05) is 5.16 Å². The van der Waals surface area contributed by atoms with Gasteiger partial charge in [0.15, 0.2) is 5.84 Å². The lowest BCUT2D eigenvalue weighted by molar-refractivity contribution is 0.318. The number of nitrogens with two attached hydrogens (primary N) is 1. The summed E-state index contributed by atoms with van der Waals surface area (Å²) < 4.78 is 10.4. The number of nitrogens with zero attached hydrogens (tertiary/aromatic N) is 3. The van der Waals surface area contributed by atoms with E-state index in [0.717, 1.165) is 0 Å². The minimum atomic E-state index is 0.00129. The topological polar surface area (TPSA) is 107 Å². The largest absolute Gasteiger partial charge is 0.497 e. The van der Waals surface area contributed by atoms with Gasteiger partial charge in [-0.25, -0.2) is 0 Å². The fourth-order valence-electron chi connectivity index (χ4n) is 1.39. The SMILES string of the molecule is COc1ccc(/C(N)=N/O)c(Sc2nnc(C)o2)c1. The van der Waals surface area contributed by atoms with Crippen molar-refractivity contribution in [2.24, 2.45) is 10.9 Å². The van der Waals surface area contributed by atoms with E-state index < -0.39 is 0 Å². The Bertz CT molecular complexity index is 612. The van der Waals surface area contributed by atoms with Crippen molar-refractivity contribution in [1.82, 2.24) is 10.2 Å². The fraction of sp³-hybridized carbons (Fsp3) is 0.182.